The molecule has 0 bridgehead atoms. The maximum Gasteiger partial charge on any atom is 0.376 e. The molecule has 1 saturated carbocycles. The fraction of sp³-hybridized carbons (Fsp3) is 0.222. The Kier molecular flexibility index (Phi) is 2.52. The van der Waals surface area contributed by atoms with Gasteiger partial charge in [-0.25, -0.2) is 4.79 Å². The second kappa shape index (κ2) is 4.29. The first kappa shape index (κ1) is 12.3. The molecule has 2 fully saturated rings. The first-order valence-electron chi connectivity index (χ1n) is 7.11. The summed E-state index contributed by atoms with van der Waals surface area (Å²) in [7, 11) is 0. The van der Waals surface area contributed by atoms with Crippen molar-refractivity contribution >= 4 is 11.8 Å². The summed E-state index contributed by atoms with van der Waals surface area (Å²) in [4.78, 5) is 23.9. The van der Waals surface area contributed by atoms with Crippen LogP contribution in [0.2, 0.25) is 0 Å². The van der Waals surface area contributed by atoms with Gasteiger partial charge in [0.05, 0.1) is 5.92 Å². The highest BCUT2D eigenvalue weighted by Gasteiger charge is 2.68. The molecule has 2 aromatic carbocycles. The van der Waals surface area contributed by atoms with Crippen molar-refractivity contribution in [1.29, 1.82) is 0 Å². The van der Waals surface area contributed by atoms with E-state index < -0.39 is 11.6 Å². The maximum atomic E-state index is 12.0. The molecular formula is C18H14O3. The first-order chi connectivity index (χ1) is 10.2. The Balaban J connectivity index is 1.85. The molecule has 0 N–H and O–H groups in total. The van der Waals surface area contributed by atoms with E-state index in [-0.39, 0.29) is 17.6 Å². The summed E-state index contributed by atoms with van der Waals surface area (Å²) < 4.78 is 5.62. The van der Waals surface area contributed by atoms with Gasteiger partial charge >= 0.3 is 5.97 Å². The first-order valence-corrected chi connectivity index (χ1v) is 7.11. The number of carbonyl (C=O) groups is 2. The summed E-state index contributed by atoms with van der Waals surface area (Å²) in [5.41, 5.74) is 1.21. The van der Waals surface area contributed by atoms with Crippen LogP contribution < -0.4 is 0 Å². The number of esters is 1. The molecule has 0 radical (unpaired) electrons. The largest absolute Gasteiger partial charge is 0.447 e. The normalized spacial score (nSPS) is 30.5. The molecule has 104 valence electrons. The molecule has 1 aliphatic carbocycles. The molecule has 1 saturated heterocycles. The van der Waals surface area contributed by atoms with Crippen molar-refractivity contribution in [2.45, 2.75) is 17.9 Å². The van der Waals surface area contributed by atoms with Crippen LogP contribution in [0, 0.1) is 5.92 Å². The lowest BCUT2D eigenvalue weighted by Crippen LogP contribution is -2.50. The van der Waals surface area contributed by atoms with Crippen LogP contribution >= 0.6 is 0 Å². The monoisotopic (exact) mass is 278 g/mol. The molecule has 0 aromatic heterocycles. The minimum Gasteiger partial charge on any atom is -0.447 e. The summed E-state index contributed by atoms with van der Waals surface area (Å²) in [5, 5.41) is 0. The van der Waals surface area contributed by atoms with Gasteiger partial charge in [-0.15, -0.1) is 0 Å². The minimum atomic E-state index is -0.809. The van der Waals surface area contributed by atoms with Crippen LogP contribution in [0.4, 0.5) is 0 Å². The van der Waals surface area contributed by atoms with E-state index in [1.807, 2.05) is 60.7 Å². The second-order valence-electron chi connectivity index (χ2n) is 5.66. The summed E-state index contributed by atoms with van der Waals surface area (Å²) in [6.07, 6.45) is 0.670. The van der Waals surface area contributed by atoms with E-state index in [0.29, 0.717) is 6.42 Å². The summed E-state index contributed by atoms with van der Waals surface area (Å²) in [5.74, 6) is -1.38. The number of carbonyl (C=O) groups excluding carboxylic acids is 2. The number of rotatable bonds is 2. The topological polar surface area (TPSA) is 43.4 Å². The van der Waals surface area contributed by atoms with Crippen LogP contribution in [-0.4, -0.2) is 11.8 Å². The molecule has 2 aromatic rings. The third-order valence-corrected chi connectivity index (χ3v) is 4.71. The molecular weight excluding hydrogens is 264 g/mol. The highest BCUT2D eigenvalue weighted by Crippen LogP contribution is 2.62. The highest BCUT2D eigenvalue weighted by molar-refractivity contribution is 6.37. The van der Waals surface area contributed by atoms with Gasteiger partial charge in [-0.05, 0) is 17.5 Å². The molecule has 3 nitrogen and oxygen atoms in total. The van der Waals surface area contributed by atoms with Gasteiger partial charge in [0.25, 0.3) is 0 Å². The van der Waals surface area contributed by atoms with E-state index in [2.05, 4.69) is 0 Å². The third kappa shape index (κ3) is 1.54. The smallest absolute Gasteiger partial charge is 0.376 e. The van der Waals surface area contributed by atoms with Crippen molar-refractivity contribution in [3.8, 4) is 0 Å². The Bertz CT molecular complexity index is 708. The van der Waals surface area contributed by atoms with Gasteiger partial charge in [-0.2, -0.15) is 0 Å². The number of ether oxygens (including phenoxy) is 1. The van der Waals surface area contributed by atoms with Crippen LogP contribution in [0.15, 0.2) is 60.7 Å². The highest BCUT2D eigenvalue weighted by atomic mass is 16.6. The minimum absolute atomic E-state index is 0.0431. The van der Waals surface area contributed by atoms with E-state index in [0.717, 1.165) is 11.1 Å². The van der Waals surface area contributed by atoms with Crippen molar-refractivity contribution in [2.24, 2.45) is 5.92 Å². The average Bonchev–Trinajstić information content (AvgIpc) is 2.70. The van der Waals surface area contributed by atoms with E-state index in [1.54, 1.807) is 0 Å². The standard InChI is InChI=1S/C18H14O3/c19-16-15-11-14(12-7-3-1-4-8-12)18(15,21-17(16)20)13-9-5-2-6-10-13/h1-10,14-15H,11H2/t14-,15-,18-/m0/s1. The summed E-state index contributed by atoms with van der Waals surface area (Å²) in [6.45, 7) is 0. The van der Waals surface area contributed by atoms with Crippen LogP contribution in [0.3, 0.4) is 0 Å². The third-order valence-electron chi connectivity index (χ3n) is 4.71. The van der Waals surface area contributed by atoms with Gasteiger partial charge in [0.1, 0.15) is 0 Å². The van der Waals surface area contributed by atoms with Gasteiger partial charge in [0, 0.05) is 5.92 Å². The Hall–Kier alpha value is -2.42. The lowest BCUT2D eigenvalue weighted by atomic mass is 9.56. The quantitative estimate of drug-likeness (QED) is 0.626. The second-order valence-corrected chi connectivity index (χ2v) is 5.66. The number of Topliss-reactive ketones (excluding diaryl/α,β-unsaturated/α-hetero) is 1. The fourth-order valence-electron chi connectivity index (χ4n) is 3.69. The molecule has 1 aliphatic heterocycles. The van der Waals surface area contributed by atoms with Crippen molar-refractivity contribution in [3.63, 3.8) is 0 Å². The van der Waals surface area contributed by atoms with Crippen LogP contribution in [0.1, 0.15) is 23.5 Å². The number of benzene rings is 2. The van der Waals surface area contributed by atoms with Crippen molar-refractivity contribution < 1.29 is 14.3 Å². The lowest BCUT2D eigenvalue weighted by molar-refractivity contribution is -0.162. The van der Waals surface area contributed by atoms with E-state index in [1.165, 1.54) is 0 Å². The van der Waals surface area contributed by atoms with Gasteiger partial charge in [0.2, 0.25) is 5.78 Å². The lowest BCUT2D eigenvalue weighted by Gasteiger charge is -2.49. The molecule has 1 heterocycles. The number of ketones is 1. The van der Waals surface area contributed by atoms with Gasteiger partial charge in [0.15, 0.2) is 5.60 Å². The zero-order chi connectivity index (χ0) is 14.4. The molecule has 21 heavy (non-hydrogen) atoms. The van der Waals surface area contributed by atoms with Crippen molar-refractivity contribution in [3.05, 3.63) is 71.8 Å². The van der Waals surface area contributed by atoms with Crippen molar-refractivity contribution in [2.75, 3.05) is 0 Å². The van der Waals surface area contributed by atoms with Gasteiger partial charge in [-0.1, -0.05) is 60.7 Å². The molecule has 0 unspecified atom stereocenters. The zero-order valence-electron chi connectivity index (χ0n) is 11.4. The zero-order valence-corrected chi connectivity index (χ0v) is 11.4. The Morgan fingerprint density at radius 2 is 1.48 bits per heavy atom. The Morgan fingerprint density at radius 1 is 0.857 bits per heavy atom. The number of fused-ring (bicyclic) bond motifs is 1. The molecule has 4 rings (SSSR count). The van der Waals surface area contributed by atoms with Crippen molar-refractivity contribution in [1.82, 2.24) is 0 Å². The fourth-order valence-corrected chi connectivity index (χ4v) is 3.69. The van der Waals surface area contributed by atoms with Gasteiger partial charge < -0.3 is 4.74 Å². The summed E-state index contributed by atoms with van der Waals surface area (Å²) >= 11 is 0. The predicted octanol–water partition coefficient (Wildman–Crippen LogP) is 2.81. The average molecular weight is 278 g/mol. The molecule has 0 amide bonds. The van der Waals surface area contributed by atoms with E-state index >= 15 is 0 Å². The van der Waals surface area contributed by atoms with Crippen LogP contribution in [0.25, 0.3) is 0 Å². The van der Waals surface area contributed by atoms with Gasteiger partial charge in [-0.3, -0.25) is 4.79 Å². The molecule has 3 atom stereocenters. The Labute approximate surface area is 122 Å². The SMILES string of the molecule is O=C1O[C@]2(c3ccccc3)[C@@H](C[C@H]2c2ccccc2)C1=O. The molecule has 3 heteroatoms. The summed E-state index contributed by atoms with van der Waals surface area (Å²) in [6, 6.07) is 19.6. The Morgan fingerprint density at radius 3 is 2.10 bits per heavy atom. The van der Waals surface area contributed by atoms with Crippen LogP contribution in [-0.2, 0) is 19.9 Å². The maximum absolute atomic E-state index is 12.0. The number of hydrogen-bond acceptors (Lipinski definition) is 3. The van der Waals surface area contributed by atoms with E-state index in [4.69, 9.17) is 4.74 Å². The van der Waals surface area contributed by atoms with Crippen LogP contribution in [0.5, 0.6) is 0 Å². The molecule has 2 aliphatic rings. The number of hydrogen-bond donors (Lipinski definition) is 0. The predicted molar refractivity (Wildman–Crippen MR) is 76.5 cm³/mol. The molecule has 0 spiro atoms. The van der Waals surface area contributed by atoms with E-state index in [9.17, 15) is 9.59 Å².